The van der Waals surface area contributed by atoms with E-state index in [0.29, 0.717) is 55.3 Å². The van der Waals surface area contributed by atoms with Crippen LogP contribution in [0.5, 0.6) is 5.75 Å². The van der Waals surface area contributed by atoms with Gasteiger partial charge in [0, 0.05) is 29.5 Å². The molecule has 3 aromatic carbocycles. The molecule has 7 rings (SSSR count). The normalized spacial score (nSPS) is 25.2. The first kappa shape index (κ1) is 32.2. The third-order valence-corrected chi connectivity index (χ3v) is 15.0. The van der Waals surface area contributed by atoms with Crippen molar-refractivity contribution in [3.8, 4) is 5.75 Å². The number of carbonyl (C=O) groups excluding carboxylic acids is 3. The Morgan fingerprint density at radius 1 is 0.917 bits per heavy atom. The molecule has 3 saturated heterocycles. The Hall–Kier alpha value is -4.39. The summed E-state index contributed by atoms with van der Waals surface area (Å²) in [7, 11) is -0.716. The number of aliphatic hydroxyl groups is 1. The van der Waals surface area contributed by atoms with Gasteiger partial charge >= 0.3 is 12.2 Å². The van der Waals surface area contributed by atoms with Crippen LogP contribution in [-0.2, 0) is 31.2 Å². The molecule has 0 aliphatic carbocycles. The van der Waals surface area contributed by atoms with Gasteiger partial charge in [0.2, 0.25) is 0 Å². The van der Waals surface area contributed by atoms with Crippen molar-refractivity contribution in [1.82, 2.24) is 0 Å². The number of rotatable bonds is 9. The van der Waals surface area contributed by atoms with Crippen LogP contribution in [-0.4, -0.2) is 77.4 Å². The van der Waals surface area contributed by atoms with Crippen molar-refractivity contribution in [2.45, 2.75) is 50.2 Å². The third kappa shape index (κ3) is 5.05. The van der Waals surface area contributed by atoms with E-state index in [1.807, 2.05) is 54.6 Å². The van der Waals surface area contributed by atoms with Crippen molar-refractivity contribution in [3.05, 3.63) is 77.9 Å². The molecule has 4 heterocycles. The van der Waals surface area contributed by atoms with E-state index < -0.39 is 19.8 Å². The quantitative estimate of drug-likeness (QED) is 0.324. The molecule has 252 valence electrons. The van der Waals surface area contributed by atoms with E-state index in [1.165, 1.54) is 5.19 Å². The van der Waals surface area contributed by atoms with Gasteiger partial charge in [-0.25, -0.2) is 9.59 Å². The molecule has 0 saturated carbocycles. The number of fused-ring (bicyclic) bond motifs is 2. The van der Waals surface area contributed by atoms with Crippen LogP contribution >= 0.6 is 0 Å². The van der Waals surface area contributed by atoms with Crippen molar-refractivity contribution >= 4 is 48.4 Å². The van der Waals surface area contributed by atoms with Gasteiger partial charge in [0.15, 0.2) is 5.60 Å². The predicted molar refractivity (Wildman–Crippen MR) is 183 cm³/mol. The molecule has 3 amide bonds. The zero-order valence-electron chi connectivity index (χ0n) is 27.7. The van der Waals surface area contributed by atoms with E-state index in [9.17, 15) is 14.7 Å². The Bertz CT molecular complexity index is 1750. The van der Waals surface area contributed by atoms with Crippen molar-refractivity contribution < 1.29 is 38.4 Å². The molecule has 1 spiro atoms. The Kier molecular flexibility index (Phi) is 8.21. The van der Waals surface area contributed by atoms with Crippen LogP contribution in [0.2, 0.25) is 18.6 Å². The summed E-state index contributed by atoms with van der Waals surface area (Å²) < 4.78 is 22.9. The summed E-state index contributed by atoms with van der Waals surface area (Å²) in [4.78, 5) is 45.0. The fourth-order valence-electron chi connectivity index (χ4n) is 8.28. The summed E-state index contributed by atoms with van der Waals surface area (Å²) in [5.74, 6) is 0.333. The Balaban J connectivity index is 1.32. The second-order valence-corrected chi connectivity index (χ2v) is 18.2. The Labute approximate surface area is 280 Å². The van der Waals surface area contributed by atoms with Crippen LogP contribution in [0.3, 0.4) is 0 Å². The molecule has 0 radical (unpaired) electrons. The molecular weight excluding hydrogens is 630 g/mol. The van der Waals surface area contributed by atoms with Crippen molar-refractivity contribution in [1.29, 1.82) is 0 Å². The first-order chi connectivity index (χ1) is 23.1. The molecule has 4 atom stereocenters. The van der Waals surface area contributed by atoms with Gasteiger partial charge in [-0.15, -0.1) is 0 Å². The maximum absolute atomic E-state index is 15.1. The second-order valence-electron chi connectivity index (χ2n) is 13.5. The highest BCUT2D eigenvalue weighted by Crippen LogP contribution is 2.60. The lowest BCUT2D eigenvalue weighted by molar-refractivity contribution is -0.146. The molecule has 4 aliphatic rings. The van der Waals surface area contributed by atoms with Crippen molar-refractivity contribution in [2.24, 2.45) is 5.92 Å². The molecule has 11 nitrogen and oxygen atoms in total. The lowest BCUT2D eigenvalue weighted by Crippen LogP contribution is -2.51. The number of cyclic esters (lactones) is 2. The minimum Gasteiger partial charge on any atom is -0.497 e. The maximum Gasteiger partial charge on any atom is 0.414 e. The van der Waals surface area contributed by atoms with Gasteiger partial charge in [0.25, 0.3) is 5.91 Å². The first-order valence-corrected chi connectivity index (χ1v) is 19.5. The van der Waals surface area contributed by atoms with E-state index in [0.717, 1.165) is 11.3 Å². The number of hydrogen-bond donors (Lipinski definition) is 1. The van der Waals surface area contributed by atoms with Crippen molar-refractivity contribution in [2.75, 3.05) is 54.7 Å². The molecule has 3 fully saturated rings. The lowest BCUT2D eigenvalue weighted by atomic mass is 9.82. The van der Waals surface area contributed by atoms with E-state index in [2.05, 4.69) is 32.2 Å². The smallest absolute Gasteiger partial charge is 0.414 e. The van der Waals surface area contributed by atoms with E-state index in [1.54, 1.807) is 21.8 Å². The van der Waals surface area contributed by atoms with Crippen LogP contribution in [0.15, 0.2) is 66.7 Å². The van der Waals surface area contributed by atoms with Crippen LogP contribution in [0.1, 0.15) is 24.5 Å². The number of anilines is 3. The highest BCUT2D eigenvalue weighted by Gasteiger charge is 2.66. The van der Waals surface area contributed by atoms with Crippen LogP contribution in [0.4, 0.5) is 26.7 Å². The van der Waals surface area contributed by atoms with Gasteiger partial charge in [-0.2, -0.15) is 0 Å². The van der Waals surface area contributed by atoms with E-state index >= 15 is 4.79 Å². The zero-order chi connectivity index (χ0) is 33.8. The summed E-state index contributed by atoms with van der Waals surface area (Å²) in [5, 5.41) is 11.5. The molecule has 0 aromatic heterocycles. The molecule has 0 bridgehead atoms. The van der Waals surface area contributed by atoms with Gasteiger partial charge in [0.05, 0.1) is 46.6 Å². The Morgan fingerprint density at radius 3 is 2.19 bits per heavy atom. The number of carbonyl (C=O) groups is 3. The highest BCUT2D eigenvalue weighted by molar-refractivity contribution is 6.91. The number of amides is 3. The standard InChI is InChI=1S/C36H41N3O8Si/c1-23-32(48(3,4)28-11-9-27(44-2)10-12-28)31(14-17-40)47-36(23)29-21-26(38-16-19-46-35(38)43)8-13-30(29)39(33(36)41)22-24-6-5-7-25(20-24)37-15-18-45-34(37)42/h5-13,20-21,23,31-32,40H,14-19,22H2,1-4H3/t23-,31+,32-,36+/m0/s1. The molecule has 4 aliphatic heterocycles. The monoisotopic (exact) mass is 671 g/mol. The first-order valence-electron chi connectivity index (χ1n) is 16.5. The number of aliphatic hydroxyl groups excluding tert-OH is 1. The zero-order valence-corrected chi connectivity index (χ0v) is 28.7. The SMILES string of the molecule is COc1ccc([Si](C)(C)[C@@H]2[C@@H](CCO)O[C@]3(C(=O)N(Cc4cccc(N5CCOC5=O)c4)c4ccc(N5CCOC5=O)cc43)[C@H]2C)cc1. The number of benzene rings is 3. The fraction of sp³-hybridized carbons (Fsp3) is 0.417. The lowest BCUT2D eigenvalue weighted by Gasteiger charge is -2.37. The van der Waals surface area contributed by atoms with Crippen molar-refractivity contribution in [3.63, 3.8) is 0 Å². The molecule has 0 unspecified atom stereocenters. The number of hydrogen-bond acceptors (Lipinski definition) is 8. The van der Waals surface area contributed by atoms with Gasteiger partial charge in [-0.1, -0.05) is 49.5 Å². The summed E-state index contributed by atoms with van der Waals surface area (Å²) in [6, 6.07) is 21.4. The van der Waals surface area contributed by atoms with E-state index in [4.69, 9.17) is 18.9 Å². The topological polar surface area (TPSA) is 118 Å². The minimum absolute atomic E-state index is 0.0280. The summed E-state index contributed by atoms with van der Waals surface area (Å²) >= 11 is 0. The molecule has 12 heteroatoms. The van der Waals surface area contributed by atoms with Crippen LogP contribution in [0, 0.1) is 5.92 Å². The third-order valence-electron chi connectivity index (χ3n) is 10.6. The molecule has 48 heavy (non-hydrogen) atoms. The highest BCUT2D eigenvalue weighted by atomic mass is 28.3. The summed E-state index contributed by atoms with van der Waals surface area (Å²) in [6.07, 6.45) is -0.806. The van der Waals surface area contributed by atoms with Gasteiger partial charge < -0.3 is 29.0 Å². The fourth-order valence-corrected chi connectivity index (χ4v) is 12.3. The van der Waals surface area contributed by atoms with Gasteiger partial charge in [0.1, 0.15) is 19.0 Å². The van der Waals surface area contributed by atoms with E-state index in [-0.39, 0.29) is 42.7 Å². The number of methoxy groups -OCH3 is 1. The molecule has 3 aromatic rings. The second kappa shape index (κ2) is 12.2. The molecule has 1 N–H and O–H groups in total. The summed E-state index contributed by atoms with van der Waals surface area (Å²) in [6.45, 7) is 8.37. The molecular formula is C36H41N3O8Si. The minimum atomic E-state index is -2.36. The number of nitrogens with zero attached hydrogens (tertiary/aromatic N) is 3. The Morgan fingerprint density at radius 2 is 1.58 bits per heavy atom. The average Bonchev–Trinajstić information content (AvgIpc) is 3.84. The van der Waals surface area contributed by atoms with Crippen LogP contribution in [0.25, 0.3) is 0 Å². The van der Waals surface area contributed by atoms with Gasteiger partial charge in [-0.05, 0) is 60.0 Å². The summed E-state index contributed by atoms with van der Waals surface area (Å²) in [5.41, 5.74) is 2.25. The van der Waals surface area contributed by atoms with Crippen LogP contribution < -0.4 is 24.6 Å². The average molecular weight is 672 g/mol. The van der Waals surface area contributed by atoms with Gasteiger partial charge in [-0.3, -0.25) is 14.6 Å². The largest absolute Gasteiger partial charge is 0.497 e. The maximum atomic E-state index is 15.1. The number of ether oxygens (including phenoxy) is 4. The predicted octanol–water partition coefficient (Wildman–Crippen LogP) is 4.75.